The lowest BCUT2D eigenvalue weighted by Gasteiger charge is -2.24. The molecule has 0 aliphatic carbocycles. The average molecular weight is 292 g/mol. The van der Waals surface area contributed by atoms with Gasteiger partial charge in [0.15, 0.2) is 0 Å². The van der Waals surface area contributed by atoms with Crippen molar-refractivity contribution in [3.05, 3.63) is 33.8 Å². The fourth-order valence-electron chi connectivity index (χ4n) is 1.61. The van der Waals surface area contributed by atoms with Crippen LogP contribution in [-0.2, 0) is 10.3 Å². The van der Waals surface area contributed by atoms with Crippen LogP contribution in [-0.4, -0.2) is 31.9 Å². The average Bonchev–Trinajstić information content (AvgIpc) is 2.32. The van der Waals surface area contributed by atoms with Crippen molar-refractivity contribution in [1.82, 2.24) is 5.32 Å². The van der Waals surface area contributed by atoms with Crippen molar-refractivity contribution >= 4 is 23.2 Å². The van der Waals surface area contributed by atoms with Crippen molar-refractivity contribution in [2.75, 3.05) is 26.8 Å². The first kappa shape index (κ1) is 15.7. The molecular weight excluding hydrogens is 273 g/mol. The Labute approximate surface area is 118 Å². The number of methoxy groups -OCH3 is 1. The maximum atomic E-state index is 10.4. The van der Waals surface area contributed by atoms with Gasteiger partial charge in [-0.15, -0.1) is 0 Å². The molecule has 0 aliphatic heterocycles. The fourth-order valence-corrected chi connectivity index (χ4v) is 1.90. The summed E-state index contributed by atoms with van der Waals surface area (Å²) in [5, 5.41) is 14.5. The Hall–Kier alpha value is -0.320. The number of halogens is 2. The van der Waals surface area contributed by atoms with Crippen LogP contribution >= 0.6 is 23.2 Å². The molecule has 1 rings (SSSR count). The van der Waals surface area contributed by atoms with Crippen molar-refractivity contribution < 1.29 is 9.84 Å². The van der Waals surface area contributed by atoms with Gasteiger partial charge in [0, 0.05) is 13.7 Å². The summed E-state index contributed by atoms with van der Waals surface area (Å²) >= 11 is 11.8. The summed E-state index contributed by atoms with van der Waals surface area (Å²) in [6, 6.07) is 5.20. The van der Waals surface area contributed by atoms with Crippen molar-refractivity contribution in [3.8, 4) is 0 Å². The zero-order chi connectivity index (χ0) is 13.6. The monoisotopic (exact) mass is 291 g/mol. The van der Waals surface area contributed by atoms with Crippen molar-refractivity contribution in [3.63, 3.8) is 0 Å². The lowest BCUT2D eigenvalue weighted by Crippen LogP contribution is -2.29. The van der Waals surface area contributed by atoms with Crippen molar-refractivity contribution in [2.45, 2.75) is 18.9 Å². The molecule has 102 valence electrons. The Balaban J connectivity index is 2.54. The number of nitrogens with one attached hydrogen (secondary N) is 1. The van der Waals surface area contributed by atoms with Crippen LogP contribution in [0.15, 0.2) is 18.2 Å². The molecule has 0 fully saturated rings. The first-order valence-electron chi connectivity index (χ1n) is 5.85. The van der Waals surface area contributed by atoms with Gasteiger partial charge in [0.2, 0.25) is 0 Å². The Morgan fingerprint density at radius 3 is 2.61 bits per heavy atom. The number of aliphatic hydroxyl groups is 1. The van der Waals surface area contributed by atoms with Crippen LogP contribution in [0.25, 0.3) is 0 Å². The van der Waals surface area contributed by atoms with Gasteiger partial charge in [-0.25, -0.2) is 0 Å². The van der Waals surface area contributed by atoms with Gasteiger partial charge in [0.25, 0.3) is 0 Å². The molecule has 2 N–H and O–H groups in total. The molecule has 0 saturated heterocycles. The summed E-state index contributed by atoms with van der Waals surface area (Å²) in [4.78, 5) is 0. The van der Waals surface area contributed by atoms with Crippen LogP contribution < -0.4 is 5.32 Å². The van der Waals surface area contributed by atoms with E-state index in [1.807, 2.05) is 0 Å². The van der Waals surface area contributed by atoms with E-state index in [1.54, 1.807) is 32.2 Å². The van der Waals surface area contributed by atoms with E-state index in [0.717, 1.165) is 12.1 Å². The second kappa shape index (κ2) is 7.31. The molecule has 1 atom stereocenters. The number of hydrogen-bond donors (Lipinski definition) is 2. The molecule has 0 spiro atoms. The molecule has 1 aromatic carbocycles. The van der Waals surface area contributed by atoms with E-state index in [-0.39, 0.29) is 0 Å². The van der Waals surface area contributed by atoms with Crippen LogP contribution in [0.4, 0.5) is 0 Å². The standard InChI is InChI=1S/C13H19Cl2NO2/c1-13(17,5-6-16-7-8-18-2)10-3-4-11(14)12(15)9-10/h3-4,9,16-17H,5-8H2,1-2H3. The van der Waals surface area contributed by atoms with E-state index in [2.05, 4.69) is 5.32 Å². The summed E-state index contributed by atoms with van der Waals surface area (Å²) in [5.74, 6) is 0. The van der Waals surface area contributed by atoms with Gasteiger partial charge >= 0.3 is 0 Å². The molecule has 1 unspecified atom stereocenters. The molecule has 0 heterocycles. The molecule has 0 aromatic heterocycles. The molecule has 5 heteroatoms. The molecule has 0 radical (unpaired) electrons. The molecule has 3 nitrogen and oxygen atoms in total. The summed E-state index contributed by atoms with van der Waals surface area (Å²) in [5.41, 5.74) is -0.153. The van der Waals surface area contributed by atoms with Gasteiger partial charge in [-0.05, 0) is 37.6 Å². The highest BCUT2D eigenvalue weighted by Gasteiger charge is 2.23. The minimum absolute atomic E-state index is 0.460. The zero-order valence-corrected chi connectivity index (χ0v) is 12.2. The molecule has 1 aromatic rings. The number of hydrogen-bond acceptors (Lipinski definition) is 3. The normalized spacial score (nSPS) is 14.5. The molecule has 18 heavy (non-hydrogen) atoms. The van der Waals surface area contributed by atoms with E-state index >= 15 is 0 Å². The highest BCUT2D eigenvalue weighted by atomic mass is 35.5. The largest absolute Gasteiger partial charge is 0.385 e. The minimum atomic E-state index is -0.922. The highest BCUT2D eigenvalue weighted by Crippen LogP contribution is 2.30. The van der Waals surface area contributed by atoms with Crippen LogP contribution in [0.5, 0.6) is 0 Å². The third-order valence-corrected chi connectivity index (χ3v) is 3.55. The number of rotatable bonds is 7. The van der Waals surface area contributed by atoms with Crippen LogP contribution in [0.2, 0.25) is 10.0 Å². The van der Waals surface area contributed by atoms with Crippen molar-refractivity contribution in [2.24, 2.45) is 0 Å². The summed E-state index contributed by atoms with van der Waals surface area (Å²) < 4.78 is 4.93. The number of ether oxygens (including phenoxy) is 1. The third kappa shape index (κ3) is 4.75. The Kier molecular flexibility index (Phi) is 6.39. The maximum absolute atomic E-state index is 10.4. The SMILES string of the molecule is COCCNCCC(C)(O)c1ccc(Cl)c(Cl)c1. The van der Waals surface area contributed by atoms with Gasteiger partial charge in [0.05, 0.1) is 22.3 Å². The van der Waals surface area contributed by atoms with Gasteiger partial charge < -0.3 is 15.2 Å². The smallest absolute Gasteiger partial charge is 0.0881 e. The van der Waals surface area contributed by atoms with Crippen LogP contribution in [0.1, 0.15) is 18.9 Å². The van der Waals surface area contributed by atoms with E-state index in [0.29, 0.717) is 29.6 Å². The Morgan fingerprint density at radius 1 is 1.28 bits per heavy atom. The molecule has 0 bridgehead atoms. The molecule has 0 aliphatic rings. The first-order chi connectivity index (χ1) is 8.47. The summed E-state index contributed by atoms with van der Waals surface area (Å²) in [6.45, 7) is 3.91. The highest BCUT2D eigenvalue weighted by molar-refractivity contribution is 6.42. The van der Waals surface area contributed by atoms with E-state index < -0.39 is 5.60 Å². The second-order valence-corrected chi connectivity index (χ2v) is 5.21. The van der Waals surface area contributed by atoms with E-state index in [4.69, 9.17) is 27.9 Å². The van der Waals surface area contributed by atoms with Crippen LogP contribution in [0.3, 0.4) is 0 Å². The predicted molar refractivity (Wildman–Crippen MR) is 75.4 cm³/mol. The Morgan fingerprint density at radius 2 is 2.00 bits per heavy atom. The maximum Gasteiger partial charge on any atom is 0.0881 e. The van der Waals surface area contributed by atoms with E-state index in [9.17, 15) is 5.11 Å². The molecular formula is C13H19Cl2NO2. The lowest BCUT2D eigenvalue weighted by molar-refractivity contribution is 0.0475. The van der Waals surface area contributed by atoms with Crippen LogP contribution in [0, 0.1) is 0 Å². The summed E-state index contributed by atoms with van der Waals surface area (Å²) in [7, 11) is 1.66. The second-order valence-electron chi connectivity index (χ2n) is 4.40. The van der Waals surface area contributed by atoms with E-state index in [1.165, 1.54) is 0 Å². The van der Waals surface area contributed by atoms with Crippen molar-refractivity contribution in [1.29, 1.82) is 0 Å². The van der Waals surface area contributed by atoms with Gasteiger partial charge in [-0.1, -0.05) is 29.3 Å². The quantitative estimate of drug-likeness (QED) is 0.759. The van der Waals surface area contributed by atoms with Gasteiger partial charge in [-0.3, -0.25) is 0 Å². The minimum Gasteiger partial charge on any atom is -0.385 e. The first-order valence-corrected chi connectivity index (χ1v) is 6.60. The molecule has 0 saturated carbocycles. The predicted octanol–water partition coefficient (Wildman–Crippen LogP) is 2.83. The molecule has 0 amide bonds. The van der Waals surface area contributed by atoms with Gasteiger partial charge in [-0.2, -0.15) is 0 Å². The number of benzene rings is 1. The zero-order valence-electron chi connectivity index (χ0n) is 10.7. The van der Waals surface area contributed by atoms with Gasteiger partial charge in [0.1, 0.15) is 0 Å². The third-order valence-electron chi connectivity index (χ3n) is 2.81. The lowest BCUT2D eigenvalue weighted by atomic mass is 9.92. The fraction of sp³-hybridized carbons (Fsp3) is 0.538. The summed E-state index contributed by atoms with van der Waals surface area (Å²) in [6.07, 6.45) is 0.592. The topological polar surface area (TPSA) is 41.5 Å². The Bertz CT molecular complexity index is 383.